The van der Waals surface area contributed by atoms with Crippen LogP contribution in [0, 0.1) is 0 Å². The fraction of sp³-hybridized carbons (Fsp3) is 0.143. The topological polar surface area (TPSA) is 25.2 Å². The number of furan rings is 1. The molecule has 0 spiro atoms. The van der Waals surface area contributed by atoms with Crippen LogP contribution in [-0.2, 0) is 6.42 Å². The number of benzene rings is 1. The number of rotatable bonds is 5. The first-order chi connectivity index (χ1) is 7.84. The summed E-state index contributed by atoms with van der Waals surface area (Å²) in [7, 11) is 0. The van der Waals surface area contributed by atoms with Crippen LogP contribution in [0.5, 0.6) is 0 Å². The zero-order valence-electron chi connectivity index (χ0n) is 9.15. The third-order valence-electron chi connectivity index (χ3n) is 2.35. The molecule has 0 aliphatic carbocycles. The van der Waals surface area contributed by atoms with Crippen molar-refractivity contribution in [2.75, 3.05) is 5.32 Å². The van der Waals surface area contributed by atoms with Crippen LogP contribution in [-0.4, -0.2) is 0 Å². The largest absolute Gasteiger partial charge is 0.469 e. The number of hydrogen-bond donors (Lipinski definition) is 1. The molecule has 1 aromatic heterocycles. The summed E-state index contributed by atoms with van der Waals surface area (Å²) in [5.41, 5.74) is 2.08. The molecular formula is C14H15NO. The van der Waals surface area contributed by atoms with Gasteiger partial charge in [0.2, 0.25) is 0 Å². The second-order valence-corrected chi connectivity index (χ2v) is 3.67. The molecule has 0 saturated heterocycles. The molecule has 0 aliphatic rings. The van der Waals surface area contributed by atoms with Crippen molar-refractivity contribution < 1.29 is 4.42 Å². The zero-order chi connectivity index (χ0) is 11.2. The lowest BCUT2D eigenvalue weighted by Crippen LogP contribution is -1.99. The summed E-state index contributed by atoms with van der Waals surface area (Å²) < 4.78 is 5.27. The van der Waals surface area contributed by atoms with Gasteiger partial charge in [-0.25, -0.2) is 0 Å². The van der Waals surface area contributed by atoms with Crippen molar-refractivity contribution in [3.63, 3.8) is 0 Å². The third-order valence-corrected chi connectivity index (χ3v) is 2.35. The van der Waals surface area contributed by atoms with E-state index in [1.54, 1.807) is 6.26 Å². The maximum atomic E-state index is 5.27. The van der Waals surface area contributed by atoms with E-state index in [1.807, 2.05) is 42.5 Å². The minimum atomic E-state index is 0.877. The van der Waals surface area contributed by atoms with Gasteiger partial charge < -0.3 is 9.73 Å². The quantitative estimate of drug-likeness (QED) is 0.816. The van der Waals surface area contributed by atoms with E-state index in [0.29, 0.717) is 0 Å². The zero-order valence-corrected chi connectivity index (χ0v) is 9.15. The van der Waals surface area contributed by atoms with Gasteiger partial charge in [0, 0.05) is 17.8 Å². The van der Waals surface area contributed by atoms with Crippen molar-refractivity contribution >= 4 is 5.69 Å². The lowest BCUT2D eigenvalue weighted by molar-refractivity contribution is 0.508. The molecule has 0 amide bonds. The van der Waals surface area contributed by atoms with E-state index in [0.717, 1.165) is 30.0 Å². The highest BCUT2D eigenvalue weighted by molar-refractivity contribution is 5.47. The number of nitrogens with one attached hydrogen (secondary N) is 1. The van der Waals surface area contributed by atoms with Crippen molar-refractivity contribution in [1.29, 1.82) is 0 Å². The molecule has 0 atom stereocenters. The van der Waals surface area contributed by atoms with Gasteiger partial charge in [0.1, 0.15) is 5.76 Å². The number of para-hydroxylation sites is 1. The molecule has 0 bridgehead atoms. The lowest BCUT2D eigenvalue weighted by Gasteiger charge is -2.08. The number of allylic oxidation sites excluding steroid dienone is 1. The van der Waals surface area contributed by atoms with Gasteiger partial charge in [0.25, 0.3) is 0 Å². The average molecular weight is 213 g/mol. The Hall–Kier alpha value is -1.96. The Morgan fingerprint density at radius 3 is 2.62 bits per heavy atom. The summed E-state index contributed by atoms with van der Waals surface area (Å²) in [6, 6.07) is 13.9. The minimum Gasteiger partial charge on any atom is -0.469 e. The fourth-order valence-electron chi connectivity index (χ4n) is 1.52. The van der Waals surface area contributed by atoms with Gasteiger partial charge in [-0.15, -0.1) is 0 Å². The van der Waals surface area contributed by atoms with Crippen molar-refractivity contribution in [3.8, 4) is 0 Å². The summed E-state index contributed by atoms with van der Waals surface area (Å²) in [5.74, 6) is 0.996. The van der Waals surface area contributed by atoms with E-state index in [9.17, 15) is 0 Å². The summed E-state index contributed by atoms with van der Waals surface area (Å²) in [5, 5.41) is 3.27. The molecule has 1 heterocycles. The maximum Gasteiger partial charge on any atom is 0.104 e. The Morgan fingerprint density at radius 2 is 1.94 bits per heavy atom. The Balaban J connectivity index is 1.81. The predicted octanol–water partition coefficient (Wildman–Crippen LogP) is 3.84. The lowest BCUT2D eigenvalue weighted by atomic mass is 10.2. The van der Waals surface area contributed by atoms with Crippen LogP contribution in [0.25, 0.3) is 0 Å². The van der Waals surface area contributed by atoms with E-state index in [1.165, 1.54) is 0 Å². The third kappa shape index (κ3) is 3.02. The van der Waals surface area contributed by atoms with Crippen molar-refractivity contribution in [1.82, 2.24) is 0 Å². The number of hydrogen-bond acceptors (Lipinski definition) is 2. The minimum absolute atomic E-state index is 0.877. The monoisotopic (exact) mass is 213 g/mol. The Kier molecular flexibility index (Phi) is 3.44. The highest BCUT2D eigenvalue weighted by Gasteiger charge is 1.99. The van der Waals surface area contributed by atoms with Crippen molar-refractivity contribution in [2.45, 2.75) is 12.8 Å². The molecule has 2 aromatic rings. The summed E-state index contributed by atoms with van der Waals surface area (Å²) in [6.07, 6.45) is 3.46. The summed E-state index contributed by atoms with van der Waals surface area (Å²) in [4.78, 5) is 0. The highest BCUT2D eigenvalue weighted by atomic mass is 16.3. The van der Waals surface area contributed by atoms with Gasteiger partial charge in [-0.05, 0) is 30.7 Å². The van der Waals surface area contributed by atoms with Gasteiger partial charge in [-0.1, -0.05) is 24.8 Å². The summed E-state index contributed by atoms with van der Waals surface area (Å²) in [6.45, 7) is 4.00. The highest BCUT2D eigenvalue weighted by Crippen LogP contribution is 2.12. The molecule has 0 saturated carbocycles. The van der Waals surface area contributed by atoms with Crippen LogP contribution in [0.4, 0.5) is 5.69 Å². The second-order valence-electron chi connectivity index (χ2n) is 3.67. The molecule has 0 fully saturated rings. The molecule has 2 nitrogen and oxygen atoms in total. The number of anilines is 1. The SMILES string of the molecule is C=C(CCc1ccco1)Nc1ccccc1. The molecule has 82 valence electrons. The van der Waals surface area contributed by atoms with Crippen LogP contribution < -0.4 is 5.32 Å². The van der Waals surface area contributed by atoms with Gasteiger partial charge in [0.15, 0.2) is 0 Å². The number of aryl methyl sites for hydroxylation is 1. The van der Waals surface area contributed by atoms with Gasteiger partial charge in [0.05, 0.1) is 6.26 Å². The predicted molar refractivity (Wildman–Crippen MR) is 66.2 cm³/mol. The molecule has 1 N–H and O–H groups in total. The standard InChI is InChI=1S/C14H15NO/c1-12(9-10-14-8-5-11-16-14)15-13-6-3-2-4-7-13/h2-8,11,15H,1,9-10H2. The van der Waals surface area contributed by atoms with Gasteiger partial charge in [-0.3, -0.25) is 0 Å². The van der Waals surface area contributed by atoms with Crippen molar-refractivity contribution in [3.05, 3.63) is 66.8 Å². The van der Waals surface area contributed by atoms with Crippen LogP contribution in [0.15, 0.2) is 65.4 Å². The fourth-order valence-corrected chi connectivity index (χ4v) is 1.52. The van der Waals surface area contributed by atoms with Crippen molar-refractivity contribution in [2.24, 2.45) is 0 Å². The second kappa shape index (κ2) is 5.21. The van der Waals surface area contributed by atoms with Crippen LogP contribution in [0.3, 0.4) is 0 Å². The Morgan fingerprint density at radius 1 is 1.12 bits per heavy atom. The smallest absolute Gasteiger partial charge is 0.104 e. The molecular weight excluding hydrogens is 198 g/mol. The van der Waals surface area contributed by atoms with Gasteiger partial charge >= 0.3 is 0 Å². The molecule has 0 unspecified atom stereocenters. The molecule has 2 heteroatoms. The Labute approximate surface area is 95.6 Å². The van der Waals surface area contributed by atoms with Crippen LogP contribution >= 0.6 is 0 Å². The van der Waals surface area contributed by atoms with E-state index in [4.69, 9.17) is 4.42 Å². The molecule has 1 aromatic carbocycles. The summed E-state index contributed by atoms with van der Waals surface area (Å²) >= 11 is 0. The van der Waals surface area contributed by atoms with Crippen LogP contribution in [0.2, 0.25) is 0 Å². The Bertz CT molecular complexity index is 431. The van der Waals surface area contributed by atoms with Gasteiger partial charge in [-0.2, -0.15) is 0 Å². The first kappa shape index (κ1) is 10.6. The van der Waals surface area contributed by atoms with Crippen LogP contribution in [0.1, 0.15) is 12.2 Å². The van der Waals surface area contributed by atoms with E-state index in [-0.39, 0.29) is 0 Å². The molecule has 16 heavy (non-hydrogen) atoms. The average Bonchev–Trinajstić information content (AvgIpc) is 2.81. The van der Waals surface area contributed by atoms with E-state index < -0.39 is 0 Å². The first-order valence-corrected chi connectivity index (χ1v) is 5.37. The van der Waals surface area contributed by atoms with E-state index in [2.05, 4.69) is 11.9 Å². The van der Waals surface area contributed by atoms with E-state index >= 15 is 0 Å². The molecule has 0 radical (unpaired) electrons. The molecule has 2 rings (SSSR count). The normalized spacial score (nSPS) is 10.0. The molecule has 0 aliphatic heterocycles. The first-order valence-electron chi connectivity index (χ1n) is 5.37. The maximum absolute atomic E-state index is 5.27.